The summed E-state index contributed by atoms with van der Waals surface area (Å²) in [6.07, 6.45) is -0.198. The topological polar surface area (TPSA) is 46.2 Å². The lowest BCUT2D eigenvalue weighted by atomic mass is 9.78. The molecule has 2 atom stereocenters. The van der Waals surface area contributed by atoms with Crippen molar-refractivity contribution >= 4 is 15.9 Å². The number of nitrogens with two attached hydrogens (primary N) is 1. The third kappa shape index (κ3) is 2.62. The highest BCUT2D eigenvalue weighted by Gasteiger charge is 2.32. The molecule has 0 bridgehead atoms. The average Bonchev–Trinajstić information content (AvgIpc) is 2.30. The molecule has 0 amide bonds. The van der Waals surface area contributed by atoms with Crippen LogP contribution in [0.15, 0.2) is 22.7 Å². The molecule has 0 spiro atoms. The van der Waals surface area contributed by atoms with Crippen LogP contribution in [0.5, 0.6) is 0 Å². The van der Waals surface area contributed by atoms with Crippen LogP contribution >= 0.6 is 15.9 Å². The van der Waals surface area contributed by atoms with Gasteiger partial charge < -0.3 is 10.8 Å². The maximum Gasteiger partial charge on any atom is 0.129 e. The molecule has 4 heteroatoms. The van der Waals surface area contributed by atoms with Gasteiger partial charge in [-0.25, -0.2) is 4.39 Å². The van der Waals surface area contributed by atoms with Crippen LogP contribution in [0, 0.1) is 11.2 Å². The lowest BCUT2D eigenvalue weighted by Gasteiger charge is -2.32. The van der Waals surface area contributed by atoms with Crippen LogP contribution < -0.4 is 5.73 Å². The normalized spacial score (nSPS) is 16.9. The van der Waals surface area contributed by atoms with E-state index in [1.54, 1.807) is 12.1 Å². The SMILES string of the molecule is CCC(C)(CN)C(O)c1cc(Br)ccc1F. The van der Waals surface area contributed by atoms with E-state index in [-0.39, 0.29) is 0 Å². The van der Waals surface area contributed by atoms with E-state index in [1.165, 1.54) is 6.07 Å². The zero-order chi connectivity index (χ0) is 12.3. The molecule has 0 aromatic heterocycles. The molecule has 0 aliphatic rings. The highest BCUT2D eigenvalue weighted by atomic mass is 79.9. The smallest absolute Gasteiger partial charge is 0.129 e. The maximum absolute atomic E-state index is 13.6. The molecule has 1 aromatic rings. The van der Waals surface area contributed by atoms with E-state index in [4.69, 9.17) is 5.73 Å². The van der Waals surface area contributed by atoms with Crippen LogP contribution in [0.1, 0.15) is 31.9 Å². The zero-order valence-corrected chi connectivity index (χ0v) is 11.1. The minimum atomic E-state index is -0.889. The Labute approximate surface area is 104 Å². The molecule has 0 saturated heterocycles. The summed E-state index contributed by atoms with van der Waals surface area (Å²) < 4.78 is 14.3. The maximum atomic E-state index is 13.6. The summed E-state index contributed by atoms with van der Waals surface area (Å²) in [5, 5.41) is 10.2. The Balaban J connectivity index is 3.12. The Kier molecular flexibility index (Phi) is 4.47. The van der Waals surface area contributed by atoms with E-state index in [0.29, 0.717) is 18.5 Å². The van der Waals surface area contributed by atoms with Crippen LogP contribution in [0.2, 0.25) is 0 Å². The number of aliphatic hydroxyl groups is 1. The van der Waals surface area contributed by atoms with Gasteiger partial charge in [-0.1, -0.05) is 29.8 Å². The van der Waals surface area contributed by atoms with Crippen molar-refractivity contribution in [3.63, 3.8) is 0 Å². The summed E-state index contributed by atoms with van der Waals surface area (Å²) in [6, 6.07) is 4.55. The van der Waals surface area contributed by atoms with Gasteiger partial charge in [0.05, 0.1) is 6.10 Å². The highest BCUT2D eigenvalue weighted by molar-refractivity contribution is 9.10. The number of hydrogen-bond donors (Lipinski definition) is 2. The molecular weight excluding hydrogens is 273 g/mol. The van der Waals surface area contributed by atoms with E-state index < -0.39 is 17.3 Å². The first-order valence-electron chi connectivity index (χ1n) is 5.27. The van der Waals surface area contributed by atoms with Crippen molar-refractivity contribution in [3.05, 3.63) is 34.1 Å². The fourth-order valence-corrected chi connectivity index (χ4v) is 1.93. The molecule has 1 aromatic carbocycles. The van der Waals surface area contributed by atoms with Crippen molar-refractivity contribution in [3.8, 4) is 0 Å². The lowest BCUT2D eigenvalue weighted by Crippen LogP contribution is -2.33. The van der Waals surface area contributed by atoms with Crippen molar-refractivity contribution in [2.75, 3.05) is 6.54 Å². The molecule has 0 aliphatic carbocycles. The van der Waals surface area contributed by atoms with Crippen LogP contribution in [0.3, 0.4) is 0 Å². The summed E-state index contributed by atoms with van der Waals surface area (Å²) in [5.41, 5.74) is 5.45. The van der Waals surface area contributed by atoms with Gasteiger partial charge in [0.15, 0.2) is 0 Å². The van der Waals surface area contributed by atoms with Crippen molar-refractivity contribution in [2.24, 2.45) is 11.1 Å². The second-order valence-corrected chi connectivity index (χ2v) is 5.20. The minimum absolute atomic E-state index is 0.296. The second kappa shape index (κ2) is 5.25. The van der Waals surface area contributed by atoms with Gasteiger partial charge in [0.2, 0.25) is 0 Å². The zero-order valence-electron chi connectivity index (χ0n) is 9.50. The van der Waals surface area contributed by atoms with Gasteiger partial charge in [0.1, 0.15) is 5.82 Å². The third-order valence-corrected chi connectivity index (χ3v) is 3.68. The van der Waals surface area contributed by atoms with Crippen LogP contribution in [0.4, 0.5) is 4.39 Å². The predicted molar refractivity (Wildman–Crippen MR) is 66.5 cm³/mol. The molecule has 0 saturated carbocycles. The van der Waals surface area contributed by atoms with Crippen LogP contribution in [0.25, 0.3) is 0 Å². The Morgan fingerprint density at radius 2 is 2.19 bits per heavy atom. The Morgan fingerprint density at radius 3 is 2.69 bits per heavy atom. The lowest BCUT2D eigenvalue weighted by molar-refractivity contribution is 0.0363. The van der Waals surface area contributed by atoms with Gasteiger partial charge in [-0.2, -0.15) is 0 Å². The van der Waals surface area contributed by atoms with Gasteiger partial charge in [0.25, 0.3) is 0 Å². The van der Waals surface area contributed by atoms with E-state index in [1.807, 2.05) is 13.8 Å². The molecule has 16 heavy (non-hydrogen) atoms. The summed E-state index contributed by atoms with van der Waals surface area (Å²) in [4.78, 5) is 0. The Bertz CT molecular complexity index is 366. The average molecular weight is 290 g/mol. The third-order valence-electron chi connectivity index (χ3n) is 3.19. The summed E-state index contributed by atoms with van der Waals surface area (Å²) in [5.74, 6) is -0.399. The Morgan fingerprint density at radius 1 is 1.56 bits per heavy atom. The first-order chi connectivity index (χ1) is 7.44. The molecule has 1 rings (SSSR count). The van der Waals surface area contributed by atoms with Crippen molar-refractivity contribution in [1.82, 2.24) is 0 Å². The monoisotopic (exact) mass is 289 g/mol. The minimum Gasteiger partial charge on any atom is -0.388 e. The van der Waals surface area contributed by atoms with E-state index in [2.05, 4.69) is 15.9 Å². The molecule has 0 heterocycles. The van der Waals surface area contributed by atoms with E-state index in [9.17, 15) is 9.50 Å². The number of rotatable bonds is 4. The standard InChI is InChI=1S/C12H17BrFNO/c1-3-12(2,7-15)11(16)9-6-8(13)4-5-10(9)14/h4-6,11,16H,3,7,15H2,1-2H3. The molecule has 3 N–H and O–H groups in total. The predicted octanol–water partition coefficient (Wildman–Crippen LogP) is 3.00. The number of benzene rings is 1. The van der Waals surface area contributed by atoms with E-state index >= 15 is 0 Å². The van der Waals surface area contributed by atoms with Crippen LogP contribution in [-0.2, 0) is 0 Å². The molecule has 90 valence electrons. The summed E-state index contributed by atoms with van der Waals surface area (Å²) in [7, 11) is 0. The van der Waals surface area contributed by atoms with Gasteiger partial charge in [0, 0.05) is 22.0 Å². The summed E-state index contributed by atoms with van der Waals surface area (Å²) in [6.45, 7) is 4.11. The fourth-order valence-electron chi connectivity index (χ4n) is 1.55. The molecule has 0 radical (unpaired) electrons. The highest BCUT2D eigenvalue weighted by Crippen LogP contribution is 2.37. The molecule has 2 unspecified atom stereocenters. The number of halogens is 2. The van der Waals surface area contributed by atoms with Crippen molar-refractivity contribution < 1.29 is 9.50 Å². The summed E-state index contributed by atoms with van der Waals surface area (Å²) >= 11 is 3.27. The van der Waals surface area contributed by atoms with Gasteiger partial charge in [-0.05, 0) is 24.6 Å². The number of aliphatic hydroxyl groups excluding tert-OH is 1. The quantitative estimate of drug-likeness (QED) is 0.895. The van der Waals surface area contributed by atoms with Gasteiger partial charge in [-0.3, -0.25) is 0 Å². The van der Waals surface area contributed by atoms with E-state index in [0.717, 1.165) is 4.47 Å². The molecule has 0 aliphatic heterocycles. The number of hydrogen-bond acceptors (Lipinski definition) is 2. The van der Waals surface area contributed by atoms with Crippen molar-refractivity contribution in [1.29, 1.82) is 0 Å². The second-order valence-electron chi connectivity index (χ2n) is 4.28. The fraction of sp³-hybridized carbons (Fsp3) is 0.500. The van der Waals surface area contributed by atoms with Gasteiger partial charge in [-0.15, -0.1) is 0 Å². The van der Waals surface area contributed by atoms with Crippen LogP contribution in [-0.4, -0.2) is 11.7 Å². The van der Waals surface area contributed by atoms with Crippen molar-refractivity contribution in [2.45, 2.75) is 26.4 Å². The molecule has 2 nitrogen and oxygen atoms in total. The molecule has 0 fully saturated rings. The Hall–Kier alpha value is -0.450. The van der Waals surface area contributed by atoms with Gasteiger partial charge >= 0.3 is 0 Å². The first kappa shape index (κ1) is 13.6. The first-order valence-corrected chi connectivity index (χ1v) is 6.07. The largest absolute Gasteiger partial charge is 0.388 e. The molecular formula is C12H17BrFNO.